The second-order valence-corrected chi connectivity index (χ2v) is 4.15. The minimum atomic E-state index is -1.20. The lowest BCUT2D eigenvalue weighted by molar-refractivity contribution is -0.139. The van der Waals surface area contributed by atoms with Gasteiger partial charge in [-0.15, -0.1) is 12.3 Å². The van der Waals surface area contributed by atoms with Crippen molar-refractivity contribution in [2.24, 2.45) is 0 Å². The minimum Gasteiger partial charge on any atom is -0.495 e. The average molecular weight is 297 g/mol. The lowest BCUT2D eigenvalue weighted by Gasteiger charge is -2.13. The third-order valence-electron chi connectivity index (χ3n) is 2.34. The second-order valence-electron chi connectivity index (χ2n) is 3.75. The van der Waals surface area contributed by atoms with Gasteiger partial charge in [0.05, 0.1) is 12.1 Å². The molecule has 7 heteroatoms. The molecule has 1 rings (SSSR count). The van der Waals surface area contributed by atoms with Gasteiger partial charge in [0, 0.05) is 12.1 Å². The van der Waals surface area contributed by atoms with Crippen LogP contribution in [0, 0.1) is 12.3 Å². The molecule has 0 spiro atoms. The fourth-order valence-electron chi connectivity index (χ4n) is 1.39. The fraction of sp³-hybridized carbons (Fsp3) is 0.231. The molecule has 0 bridgehead atoms. The first kappa shape index (κ1) is 15.7. The first-order valence-corrected chi connectivity index (χ1v) is 5.93. The Hall–Kier alpha value is -2.39. The molecular formula is C13H13ClN2O4. The summed E-state index contributed by atoms with van der Waals surface area (Å²) in [7, 11) is 1.47. The van der Waals surface area contributed by atoms with Gasteiger partial charge in [-0.25, -0.2) is 9.59 Å². The van der Waals surface area contributed by atoms with Crippen molar-refractivity contribution < 1.29 is 19.4 Å². The molecule has 1 aromatic carbocycles. The van der Waals surface area contributed by atoms with E-state index >= 15 is 0 Å². The van der Waals surface area contributed by atoms with Crippen molar-refractivity contribution in [3.05, 3.63) is 23.2 Å². The highest BCUT2D eigenvalue weighted by molar-refractivity contribution is 6.32. The number of carboxylic acid groups (broad SMARTS) is 1. The van der Waals surface area contributed by atoms with Gasteiger partial charge in [-0.05, 0) is 18.2 Å². The van der Waals surface area contributed by atoms with Gasteiger partial charge < -0.3 is 20.5 Å². The number of hydrogen-bond acceptors (Lipinski definition) is 3. The number of carboxylic acids is 1. The van der Waals surface area contributed by atoms with Crippen LogP contribution in [0.15, 0.2) is 18.2 Å². The monoisotopic (exact) mass is 296 g/mol. The first-order chi connectivity index (χ1) is 9.47. The van der Waals surface area contributed by atoms with Crippen LogP contribution in [0.2, 0.25) is 5.02 Å². The average Bonchev–Trinajstić information content (AvgIpc) is 2.38. The van der Waals surface area contributed by atoms with Gasteiger partial charge in [-0.1, -0.05) is 11.6 Å². The number of nitrogens with one attached hydrogen (secondary N) is 2. The Labute approximate surface area is 121 Å². The van der Waals surface area contributed by atoms with Crippen LogP contribution in [0.3, 0.4) is 0 Å². The molecule has 0 aromatic heterocycles. The number of hydrogen-bond donors (Lipinski definition) is 3. The van der Waals surface area contributed by atoms with E-state index in [0.717, 1.165) is 0 Å². The van der Waals surface area contributed by atoms with Crippen LogP contribution in [0.4, 0.5) is 10.5 Å². The first-order valence-electron chi connectivity index (χ1n) is 5.55. The van der Waals surface area contributed by atoms with E-state index in [4.69, 9.17) is 27.9 Å². The van der Waals surface area contributed by atoms with Crippen molar-refractivity contribution in [1.82, 2.24) is 5.32 Å². The number of rotatable bonds is 5. The van der Waals surface area contributed by atoms with E-state index in [-0.39, 0.29) is 6.42 Å². The molecule has 1 aromatic rings. The predicted molar refractivity (Wildman–Crippen MR) is 75.0 cm³/mol. The third kappa shape index (κ3) is 4.37. The Kier molecular flexibility index (Phi) is 5.69. The molecule has 0 fully saturated rings. The summed E-state index contributed by atoms with van der Waals surface area (Å²) in [5.41, 5.74) is 0.401. The molecule has 0 aliphatic heterocycles. The number of carbonyl (C=O) groups is 2. The van der Waals surface area contributed by atoms with Crippen LogP contribution < -0.4 is 15.4 Å². The van der Waals surface area contributed by atoms with Crippen LogP contribution >= 0.6 is 11.6 Å². The zero-order chi connectivity index (χ0) is 15.1. The summed E-state index contributed by atoms with van der Waals surface area (Å²) < 4.78 is 4.97. The number of ether oxygens (including phenoxy) is 1. The van der Waals surface area contributed by atoms with Gasteiger partial charge in [0.15, 0.2) is 0 Å². The normalized spacial score (nSPS) is 11.1. The molecule has 6 nitrogen and oxygen atoms in total. The van der Waals surface area contributed by atoms with Gasteiger partial charge in [-0.3, -0.25) is 0 Å². The summed E-state index contributed by atoms with van der Waals surface area (Å²) in [6, 6.07) is 2.80. The number of benzene rings is 1. The maximum Gasteiger partial charge on any atom is 0.327 e. The number of aliphatic carboxylic acids is 1. The molecule has 0 saturated carbocycles. The van der Waals surface area contributed by atoms with Crippen molar-refractivity contribution in [1.29, 1.82) is 0 Å². The molecule has 0 radical (unpaired) electrons. The van der Waals surface area contributed by atoms with E-state index in [1.54, 1.807) is 12.1 Å². The van der Waals surface area contributed by atoms with Gasteiger partial charge >= 0.3 is 12.0 Å². The quantitative estimate of drug-likeness (QED) is 0.725. The lowest BCUT2D eigenvalue weighted by Crippen LogP contribution is -2.42. The highest BCUT2D eigenvalue weighted by Crippen LogP contribution is 2.27. The van der Waals surface area contributed by atoms with E-state index in [9.17, 15) is 9.59 Å². The van der Waals surface area contributed by atoms with Gasteiger partial charge in [0.25, 0.3) is 0 Å². The van der Waals surface area contributed by atoms with Gasteiger partial charge in [0.2, 0.25) is 0 Å². The molecule has 106 valence electrons. The molecular weight excluding hydrogens is 284 g/mol. The van der Waals surface area contributed by atoms with E-state index in [0.29, 0.717) is 16.5 Å². The standard InChI is InChI=1S/C13H13ClN2O4/c1-3-4-10(12(17)18)16-13(19)15-8-5-6-11(20-2)9(14)7-8/h1,5-7,10H,4H2,2H3,(H,17,18)(H2,15,16,19). The van der Waals surface area contributed by atoms with E-state index in [1.807, 2.05) is 0 Å². The topological polar surface area (TPSA) is 87.7 Å². The number of halogens is 1. The Morgan fingerprint density at radius 2 is 2.25 bits per heavy atom. The number of anilines is 1. The van der Waals surface area contributed by atoms with Crippen molar-refractivity contribution >= 4 is 29.3 Å². The summed E-state index contributed by atoms with van der Waals surface area (Å²) in [5, 5.41) is 13.9. The van der Waals surface area contributed by atoms with E-state index in [2.05, 4.69) is 16.6 Å². The predicted octanol–water partition coefficient (Wildman–Crippen LogP) is 1.95. The van der Waals surface area contributed by atoms with E-state index in [1.165, 1.54) is 13.2 Å². The SMILES string of the molecule is C#CCC(NC(=O)Nc1ccc(OC)c(Cl)c1)C(=O)O. The smallest absolute Gasteiger partial charge is 0.327 e. The van der Waals surface area contributed by atoms with Crippen molar-refractivity contribution in [3.63, 3.8) is 0 Å². The molecule has 0 saturated heterocycles. The number of amides is 2. The van der Waals surface area contributed by atoms with Crippen molar-refractivity contribution in [2.45, 2.75) is 12.5 Å². The zero-order valence-corrected chi connectivity index (χ0v) is 11.4. The van der Waals surface area contributed by atoms with Gasteiger partial charge in [0.1, 0.15) is 11.8 Å². The molecule has 0 aliphatic rings. The number of carbonyl (C=O) groups excluding carboxylic acids is 1. The molecule has 0 heterocycles. The highest BCUT2D eigenvalue weighted by atomic mass is 35.5. The van der Waals surface area contributed by atoms with Crippen LogP contribution in [0.5, 0.6) is 5.75 Å². The van der Waals surface area contributed by atoms with E-state index < -0.39 is 18.0 Å². The Morgan fingerprint density at radius 1 is 1.55 bits per heavy atom. The third-order valence-corrected chi connectivity index (χ3v) is 2.63. The van der Waals surface area contributed by atoms with Crippen LogP contribution in [-0.2, 0) is 4.79 Å². The molecule has 3 N–H and O–H groups in total. The van der Waals surface area contributed by atoms with Crippen LogP contribution in [-0.4, -0.2) is 30.3 Å². The highest BCUT2D eigenvalue weighted by Gasteiger charge is 2.18. The summed E-state index contributed by atoms with van der Waals surface area (Å²) >= 11 is 5.90. The second kappa shape index (κ2) is 7.26. The Balaban J connectivity index is 2.69. The molecule has 20 heavy (non-hydrogen) atoms. The maximum absolute atomic E-state index is 11.6. The van der Waals surface area contributed by atoms with Gasteiger partial charge in [-0.2, -0.15) is 0 Å². The lowest BCUT2D eigenvalue weighted by atomic mass is 10.2. The maximum atomic E-state index is 11.6. The number of terminal acetylenes is 1. The molecule has 1 unspecified atom stereocenters. The van der Waals surface area contributed by atoms with Crippen molar-refractivity contribution in [3.8, 4) is 18.1 Å². The zero-order valence-electron chi connectivity index (χ0n) is 10.6. The summed E-state index contributed by atoms with van der Waals surface area (Å²) in [6.07, 6.45) is 4.93. The Morgan fingerprint density at radius 3 is 2.75 bits per heavy atom. The largest absolute Gasteiger partial charge is 0.495 e. The van der Waals surface area contributed by atoms with Crippen molar-refractivity contribution in [2.75, 3.05) is 12.4 Å². The van der Waals surface area contributed by atoms with Crippen LogP contribution in [0.1, 0.15) is 6.42 Å². The summed E-state index contributed by atoms with van der Waals surface area (Å²) in [6.45, 7) is 0. The molecule has 0 aliphatic carbocycles. The minimum absolute atomic E-state index is 0.105. The Bertz CT molecular complexity index is 554. The molecule has 1 atom stereocenters. The summed E-state index contributed by atoms with van der Waals surface area (Å²) in [5.74, 6) is 1.44. The number of methoxy groups -OCH3 is 1. The number of urea groups is 1. The molecule has 2 amide bonds. The fourth-order valence-corrected chi connectivity index (χ4v) is 1.65. The van der Waals surface area contributed by atoms with Crippen LogP contribution in [0.25, 0.3) is 0 Å². The summed E-state index contributed by atoms with van der Waals surface area (Å²) in [4.78, 5) is 22.5.